The molecule has 30 heavy (non-hydrogen) atoms. The summed E-state index contributed by atoms with van der Waals surface area (Å²) in [4.78, 5) is 16.1. The van der Waals surface area contributed by atoms with Crippen molar-refractivity contribution in [3.63, 3.8) is 0 Å². The molecule has 3 rings (SSSR count). The number of carbonyl (C=O) groups is 1. The van der Waals surface area contributed by atoms with Crippen LogP contribution in [0.2, 0.25) is 10.0 Å². The molecule has 0 unspecified atom stereocenters. The number of carbonyl (C=O) groups excluding carboxylic acids is 1. The number of amides is 1. The van der Waals surface area contributed by atoms with Gasteiger partial charge >= 0.3 is 0 Å². The maximum absolute atomic E-state index is 12.3. The van der Waals surface area contributed by atoms with Gasteiger partial charge in [-0.1, -0.05) is 30.1 Å². The fourth-order valence-electron chi connectivity index (χ4n) is 2.21. The summed E-state index contributed by atoms with van der Waals surface area (Å²) in [6.07, 6.45) is 1.25. The SMILES string of the molecule is CCS(=O)(=O)c1nsc(NC(=O)C(C#N)=Cc2ccc(-c3ccc(Cl)c(Cl)c3)o2)n1. The minimum atomic E-state index is -3.59. The third kappa shape index (κ3) is 4.88. The first-order chi connectivity index (χ1) is 14.2. The van der Waals surface area contributed by atoms with Gasteiger partial charge < -0.3 is 4.42 Å². The zero-order valence-corrected chi connectivity index (χ0v) is 18.4. The molecule has 0 fully saturated rings. The van der Waals surface area contributed by atoms with Gasteiger partial charge in [0.2, 0.25) is 15.0 Å². The molecule has 0 saturated carbocycles. The summed E-state index contributed by atoms with van der Waals surface area (Å²) in [7, 11) is -3.59. The molecule has 154 valence electrons. The molecule has 0 bridgehead atoms. The lowest BCUT2D eigenvalue weighted by molar-refractivity contribution is -0.112. The Kier molecular flexibility index (Phi) is 6.58. The molecule has 0 aliphatic rings. The Bertz CT molecular complexity index is 1290. The molecule has 12 heteroatoms. The van der Waals surface area contributed by atoms with E-state index >= 15 is 0 Å². The van der Waals surface area contributed by atoms with Crippen molar-refractivity contribution in [2.24, 2.45) is 0 Å². The van der Waals surface area contributed by atoms with Gasteiger partial charge in [0.25, 0.3) is 11.1 Å². The lowest BCUT2D eigenvalue weighted by Gasteiger charge is -2.00. The number of nitrogens with one attached hydrogen (secondary N) is 1. The van der Waals surface area contributed by atoms with Gasteiger partial charge in [-0.2, -0.15) is 14.6 Å². The molecule has 8 nitrogen and oxygen atoms in total. The van der Waals surface area contributed by atoms with Crippen LogP contribution in [-0.2, 0) is 14.6 Å². The molecule has 0 radical (unpaired) electrons. The number of anilines is 1. The predicted molar refractivity (Wildman–Crippen MR) is 114 cm³/mol. The standard InChI is InChI=1S/C18H12Cl2N4O4S2/c1-2-30(26,27)18-23-17(29-24-18)22-16(25)11(9-21)7-12-4-6-15(28-12)10-3-5-13(19)14(20)8-10/h3-8H,2H2,1H3,(H,22,23,24,25). The van der Waals surface area contributed by atoms with Crippen LogP contribution < -0.4 is 5.32 Å². The molecule has 3 aromatic rings. The van der Waals surface area contributed by atoms with E-state index in [-0.39, 0.29) is 27.4 Å². The molecule has 0 saturated heterocycles. The number of sulfone groups is 1. The fraction of sp³-hybridized carbons (Fsp3) is 0.111. The summed E-state index contributed by atoms with van der Waals surface area (Å²) in [6, 6.07) is 9.99. The Morgan fingerprint density at radius 2 is 2.07 bits per heavy atom. The number of nitrogens with zero attached hydrogens (tertiary/aromatic N) is 3. The van der Waals surface area contributed by atoms with E-state index in [0.717, 1.165) is 0 Å². The highest BCUT2D eigenvalue weighted by Crippen LogP contribution is 2.30. The average molecular weight is 483 g/mol. The van der Waals surface area contributed by atoms with Gasteiger partial charge in [-0.25, -0.2) is 8.42 Å². The van der Waals surface area contributed by atoms with Crippen molar-refractivity contribution in [1.29, 1.82) is 5.26 Å². The quantitative estimate of drug-likeness (QED) is 0.406. The number of aromatic nitrogens is 2. The number of nitriles is 1. The summed E-state index contributed by atoms with van der Waals surface area (Å²) in [6.45, 7) is 1.46. The van der Waals surface area contributed by atoms with Crippen molar-refractivity contribution < 1.29 is 17.6 Å². The van der Waals surface area contributed by atoms with E-state index in [1.165, 1.54) is 13.0 Å². The molecule has 0 aliphatic heterocycles. The predicted octanol–water partition coefficient (Wildman–Crippen LogP) is 4.44. The second kappa shape index (κ2) is 8.97. The molecule has 1 amide bonds. The van der Waals surface area contributed by atoms with E-state index < -0.39 is 15.7 Å². The Morgan fingerprint density at radius 3 is 2.73 bits per heavy atom. The van der Waals surface area contributed by atoms with Crippen molar-refractivity contribution in [2.45, 2.75) is 12.1 Å². The Morgan fingerprint density at radius 1 is 1.30 bits per heavy atom. The minimum Gasteiger partial charge on any atom is -0.457 e. The molecule has 1 N–H and O–H groups in total. The number of hydrogen-bond acceptors (Lipinski definition) is 8. The normalized spacial score (nSPS) is 11.9. The molecule has 0 aliphatic carbocycles. The molecular weight excluding hydrogens is 471 g/mol. The van der Waals surface area contributed by atoms with Crippen LogP contribution >= 0.6 is 34.7 Å². The first-order valence-corrected chi connectivity index (χ1v) is 11.5. The number of rotatable bonds is 6. The Balaban J connectivity index is 1.79. The number of furan rings is 1. The van der Waals surface area contributed by atoms with Crippen LogP contribution in [0.1, 0.15) is 12.7 Å². The number of halogens is 2. The van der Waals surface area contributed by atoms with Crippen LogP contribution in [0, 0.1) is 11.3 Å². The number of hydrogen-bond donors (Lipinski definition) is 1. The van der Waals surface area contributed by atoms with Crippen LogP contribution in [0.5, 0.6) is 0 Å². The van der Waals surface area contributed by atoms with E-state index in [2.05, 4.69) is 14.7 Å². The van der Waals surface area contributed by atoms with Crippen molar-refractivity contribution in [3.8, 4) is 17.4 Å². The molecule has 1 aromatic carbocycles. The van der Waals surface area contributed by atoms with Crippen LogP contribution in [0.3, 0.4) is 0 Å². The van der Waals surface area contributed by atoms with Crippen molar-refractivity contribution in [1.82, 2.24) is 9.36 Å². The monoisotopic (exact) mass is 482 g/mol. The van der Waals surface area contributed by atoms with Gasteiger partial charge in [-0.3, -0.25) is 10.1 Å². The summed E-state index contributed by atoms with van der Waals surface area (Å²) in [5, 5.41) is 12.0. The number of benzene rings is 1. The van der Waals surface area contributed by atoms with Gasteiger partial charge in [0.1, 0.15) is 23.2 Å². The maximum Gasteiger partial charge on any atom is 0.268 e. The molecular formula is C18H12Cl2N4O4S2. The van der Waals surface area contributed by atoms with Crippen LogP contribution in [0.4, 0.5) is 5.13 Å². The Labute approximate surface area is 185 Å². The van der Waals surface area contributed by atoms with Gasteiger partial charge in [-0.05, 0) is 30.3 Å². The average Bonchev–Trinajstić information content (AvgIpc) is 3.38. The van der Waals surface area contributed by atoms with E-state index in [1.807, 2.05) is 0 Å². The maximum atomic E-state index is 12.3. The fourth-order valence-corrected chi connectivity index (χ4v) is 4.09. The lowest BCUT2D eigenvalue weighted by Crippen LogP contribution is -2.13. The van der Waals surface area contributed by atoms with E-state index in [4.69, 9.17) is 27.6 Å². The first kappa shape index (κ1) is 22.0. The van der Waals surface area contributed by atoms with Crippen LogP contribution in [0.15, 0.2) is 45.5 Å². The van der Waals surface area contributed by atoms with E-state index in [1.54, 1.807) is 36.4 Å². The summed E-state index contributed by atoms with van der Waals surface area (Å²) in [5.41, 5.74) is 0.408. The van der Waals surface area contributed by atoms with E-state index in [0.29, 0.717) is 32.9 Å². The zero-order valence-electron chi connectivity index (χ0n) is 15.2. The minimum absolute atomic E-state index is 0.0379. The molecule has 2 aromatic heterocycles. The summed E-state index contributed by atoms with van der Waals surface area (Å²) >= 11 is 12.6. The summed E-state index contributed by atoms with van der Waals surface area (Å²) < 4.78 is 32.9. The highest BCUT2D eigenvalue weighted by Gasteiger charge is 2.20. The second-order valence-electron chi connectivity index (χ2n) is 5.74. The largest absolute Gasteiger partial charge is 0.457 e. The summed E-state index contributed by atoms with van der Waals surface area (Å²) in [5.74, 6) is -0.216. The topological polar surface area (TPSA) is 126 Å². The first-order valence-electron chi connectivity index (χ1n) is 8.28. The van der Waals surface area contributed by atoms with Crippen molar-refractivity contribution in [2.75, 3.05) is 11.1 Å². The highest BCUT2D eigenvalue weighted by atomic mass is 35.5. The van der Waals surface area contributed by atoms with Crippen LogP contribution in [0.25, 0.3) is 17.4 Å². The van der Waals surface area contributed by atoms with Gasteiger partial charge in [0, 0.05) is 23.2 Å². The third-order valence-electron chi connectivity index (χ3n) is 3.77. The smallest absolute Gasteiger partial charge is 0.268 e. The van der Waals surface area contributed by atoms with E-state index in [9.17, 15) is 18.5 Å². The molecule has 0 spiro atoms. The second-order valence-corrected chi connectivity index (χ2v) is 9.48. The molecule has 2 heterocycles. The van der Waals surface area contributed by atoms with Crippen molar-refractivity contribution >= 4 is 61.7 Å². The third-order valence-corrected chi connectivity index (χ3v) is 6.75. The Hall–Kier alpha value is -2.71. The van der Waals surface area contributed by atoms with Crippen molar-refractivity contribution in [3.05, 3.63) is 51.7 Å². The van der Waals surface area contributed by atoms with Gasteiger partial charge in [-0.15, -0.1) is 0 Å². The van der Waals surface area contributed by atoms with Gasteiger partial charge in [0.15, 0.2) is 0 Å². The zero-order chi connectivity index (χ0) is 21.9. The highest BCUT2D eigenvalue weighted by molar-refractivity contribution is 7.91. The van der Waals surface area contributed by atoms with Crippen LogP contribution in [-0.4, -0.2) is 29.4 Å². The lowest BCUT2D eigenvalue weighted by atomic mass is 10.2. The van der Waals surface area contributed by atoms with Gasteiger partial charge in [0.05, 0.1) is 15.8 Å². The molecule has 0 atom stereocenters.